The average molecular weight is 949 g/mol. The third kappa shape index (κ3) is 35.9. The molecule has 0 aliphatic carbocycles. The van der Waals surface area contributed by atoms with Crippen LogP contribution in [0.3, 0.4) is 0 Å². The van der Waals surface area contributed by atoms with E-state index in [2.05, 4.69) is 98.9 Å². The van der Waals surface area contributed by atoms with E-state index in [1.807, 2.05) is 0 Å². The van der Waals surface area contributed by atoms with Gasteiger partial charge in [-0.05, 0) is 89.9 Å². The lowest BCUT2D eigenvalue weighted by Crippen LogP contribution is -2.60. The van der Waals surface area contributed by atoms with Crippen LogP contribution in [0.2, 0.25) is 0 Å². The van der Waals surface area contributed by atoms with Crippen LogP contribution in [-0.2, 0) is 38.7 Å². The Morgan fingerprint density at radius 1 is 0.530 bits per heavy atom. The normalized spacial score (nSPS) is 20.1. The standard InChI is InChI=1S/C53H88O12S/c1-3-5-7-9-11-13-15-17-19-21-23-25-27-29-31-33-35-37-39-41-48(54)62-43-46(44-63-53-52(58)51(57)50(56)47(65-53)45-66(59,60)61)64-49(55)42-40-38-36-34-32-30-28-26-24-22-20-18-16-14-12-10-8-6-4-2/h6,8,11-14,17-20,23-26,46-47,50-53,56-58H,3-5,7,9-10,15-16,21-22,27-45H2,1-2H3,(H,59,60,61)/b8-6-,13-11-,14-12-,19-17-,20-18-,25-23-,26-24-. The van der Waals surface area contributed by atoms with Crippen molar-refractivity contribution < 1.29 is 56.8 Å². The van der Waals surface area contributed by atoms with Crippen LogP contribution in [-0.4, -0.2) is 96.0 Å². The maximum atomic E-state index is 12.9. The minimum atomic E-state index is -4.61. The Balaban J connectivity index is 2.42. The predicted molar refractivity (Wildman–Crippen MR) is 265 cm³/mol. The van der Waals surface area contributed by atoms with Gasteiger partial charge in [0.15, 0.2) is 12.4 Å². The van der Waals surface area contributed by atoms with Crippen LogP contribution in [0.1, 0.15) is 181 Å². The van der Waals surface area contributed by atoms with Crippen LogP contribution < -0.4 is 0 Å². The highest BCUT2D eigenvalue weighted by atomic mass is 32.2. The van der Waals surface area contributed by atoms with Gasteiger partial charge in [-0.1, -0.05) is 163 Å². The Morgan fingerprint density at radius 3 is 1.42 bits per heavy atom. The summed E-state index contributed by atoms with van der Waals surface area (Å²) in [5, 5.41) is 31.0. The van der Waals surface area contributed by atoms with Crippen LogP contribution in [0.4, 0.5) is 0 Å². The minimum Gasteiger partial charge on any atom is -0.462 e. The van der Waals surface area contributed by atoms with Gasteiger partial charge in [0.25, 0.3) is 10.1 Å². The fraction of sp³-hybridized carbons (Fsp3) is 0.698. The summed E-state index contributed by atoms with van der Waals surface area (Å²) >= 11 is 0. The first kappa shape index (κ1) is 60.8. The van der Waals surface area contributed by atoms with Crippen LogP contribution in [0.25, 0.3) is 0 Å². The number of unbranched alkanes of at least 4 members (excludes halogenated alkanes) is 15. The molecular weight excluding hydrogens is 861 g/mol. The maximum Gasteiger partial charge on any atom is 0.306 e. The molecule has 12 nitrogen and oxygen atoms in total. The van der Waals surface area contributed by atoms with Crippen molar-refractivity contribution in [2.24, 2.45) is 0 Å². The molecule has 0 aromatic heterocycles. The van der Waals surface area contributed by atoms with E-state index in [0.717, 1.165) is 116 Å². The Hall–Kier alpha value is -3.17. The molecule has 1 heterocycles. The summed E-state index contributed by atoms with van der Waals surface area (Å²) in [5.41, 5.74) is 0. The van der Waals surface area contributed by atoms with E-state index in [1.165, 1.54) is 25.7 Å². The van der Waals surface area contributed by atoms with Crippen molar-refractivity contribution in [3.63, 3.8) is 0 Å². The topological polar surface area (TPSA) is 186 Å². The molecular formula is C53H88O12S. The van der Waals surface area contributed by atoms with Crippen molar-refractivity contribution in [2.45, 2.75) is 218 Å². The second-order valence-electron chi connectivity index (χ2n) is 17.1. The number of hydrogen-bond donors (Lipinski definition) is 4. The second-order valence-corrected chi connectivity index (χ2v) is 18.6. The fourth-order valence-corrected chi connectivity index (χ4v) is 7.78. The van der Waals surface area contributed by atoms with E-state index in [0.29, 0.717) is 12.8 Å². The number of carbonyl (C=O) groups is 2. The van der Waals surface area contributed by atoms with Crippen LogP contribution >= 0.6 is 0 Å². The average Bonchev–Trinajstić information content (AvgIpc) is 3.28. The first-order chi connectivity index (χ1) is 32.0. The van der Waals surface area contributed by atoms with Crippen LogP contribution in [0, 0.1) is 0 Å². The van der Waals surface area contributed by atoms with E-state index < -0.39 is 71.2 Å². The molecule has 13 heteroatoms. The van der Waals surface area contributed by atoms with Crippen LogP contribution in [0.15, 0.2) is 85.1 Å². The SMILES string of the molecule is CC/C=C\C/C=C\C/C=C\C/C=C\CCCCCCCCC(=O)OC(COC(=O)CCCCCCCC/C=C\C/C=C\C/C=C\CCCCC)COC1OC(CS(=O)(=O)O)C(O)C(O)C1O. The molecule has 1 aliphatic rings. The number of aliphatic hydroxyl groups is 3. The Labute approximate surface area is 399 Å². The lowest BCUT2D eigenvalue weighted by molar-refractivity contribution is -0.297. The molecule has 1 rings (SSSR count). The molecule has 6 unspecified atom stereocenters. The lowest BCUT2D eigenvalue weighted by Gasteiger charge is -2.40. The minimum absolute atomic E-state index is 0.140. The molecule has 66 heavy (non-hydrogen) atoms. The highest BCUT2D eigenvalue weighted by Crippen LogP contribution is 2.24. The van der Waals surface area contributed by atoms with Crippen molar-refractivity contribution in [1.29, 1.82) is 0 Å². The molecule has 0 aromatic rings. The zero-order valence-corrected chi connectivity index (χ0v) is 41.3. The van der Waals surface area contributed by atoms with E-state index >= 15 is 0 Å². The van der Waals surface area contributed by atoms with Gasteiger partial charge in [-0.3, -0.25) is 14.1 Å². The number of ether oxygens (including phenoxy) is 4. The number of carbonyl (C=O) groups excluding carboxylic acids is 2. The zero-order chi connectivity index (χ0) is 48.4. The quantitative estimate of drug-likeness (QED) is 0.0197. The molecule has 1 fully saturated rings. The highest BCUT2D eigenvalue weighted by molar-refractivity contribution is 7.85. The summed E-state index contributed by atoms with van der Waals surface area (Å²) in [5.74, 6) is -2.03. The lowest BCUT2D eigenvalue weighted by atomic mass is 10.00. The molecule has 1 aliphatic heterocycles. The highest BCUT2D eigenvalue weighted by Gasteiger charge is 2.46. The van der Waals surface area contributed by atoms with E-state index in [1.54, 1.807) is 0 Å². The molecule has 0 radical (unpaired) electrons. The largest absolute Gasteiger partial charge is 0.462 e. The molecule has 6 atom stereocenters. The molecule has 0 aromatic carbocycles. The summed E-state index contributed by atoms with van der Waals surface area (Å²) in [6.45, 7) is 3.60. The molecule has 378 valence electrons. The molecule has 4 N–H and O–H groups in total. The fourth-order valence-electron chi connectivity index (χ4n) is 7.09. The smallest absolute Gasteiger partial charge is 0.306 e. The van der Waals surface area contributed by atoms with Gasteiger partial charge in [0, 0.05) is 12.8 Å². The van der Waals surface area contributed by atoms with Crippen molar-refractivity contribution >= 4 is 22.1 Å². The molecule has 1 saturated heterocycles. The summed E-state index contributed by atoms with van der Waals surface area (Å²) in [7, 11) is -4.61. The van der Waals surface area contributed by atoms with Gasteiger partial charge in [-0.2, -0.15) is 8.42 Å². The van der Waals surface area contributed by atoms with Gasteiger partial charge in [-0.25, -0.2) is 0 Å². The van der Waals surface area contributed by atoms with Gasteiger partial charge in [0.1, 0.15) is 36.8 Å². The van der Waals surface area contributed by atoms with Gasteiger partial charge in [-0.15, -0.1) is 0 Å². The summed E-state index contributed by atoms with van der Waals surface area (Å²) < 4.78 is 54.2. The van der Waals surface area contributed by atoms with Gasteiger partial charge < -0.3 is 34.3 Å². The van der Waals surface area contributed by atoms with Gasteiger partial charge >= 0.3 is 11.9 Å². The number of esters is 2. The van der Waals surface area contributed by atoms with Crippen molar-refractivity contribution in [3.05, 3.63) is 85.1 Å². The Morgan fingerprint density at radius 2 is 0.955 bits per heavy atom. The van der Waals surface area contributed by atoms with Gasteiger partial charge in [0.05, 0.1) is 6.61 Å². The molecule has 0 amide bonds. The molecule has 0 spiro atoms. The van der Waals surface area contributed by atoms with Crippen LogP contribution in [0.5, 0.6) is 0 Å². The third-order valence-electron chi connectivity index (χ3n) is 11.0. The number of hydrogen-bond acceptors (Lipinski definition) is 11. The van der Waals surface area contributed by atoms with Gasteiger partial charge in [0.2, 0.25) is 0 Å². The molecule has 0 saturated carbocycles. The predicted octanol–water partition coefficient (Wildman–Crippen LogP) is 11.2. The maximum absolute atomic E-state index is 12.9. The van der Waals surface area contributed by atoms with Crippen molar-refractivity contribution in [3.8, 4) is 0 Å². The zero-order valence-electron chi connectivity index (χ0n) is 40.5. The Bertz CT molecular complexity index is 1530. The van der Waals surface area contributed by atoms with Crippen molar-refractivity contribution in [1.82, 2.24) is 0 Å². The number of aliphatic hydroxyl groups excluding tert-OH is 3. The summed E-state index contributed by atoms with van der Waals surface area (Å²) in [6, 6.07) is 0. The summed E-state index contributed by atoms with van der Waals surface area (Å²) in [4.78, 5) is 25.5. The molecule has 0 bridgehead atoms. The Kier molecular flexibility index (Phi) is 38.7. The first-order valence-corrected chi connectivity index (χ1v) is 26.8. The second kappa shape index (κ2) is 42.0. The van der Waals surface area contributed by atoms with E-state index in [9.17, 15) is 37.9 Å². The number of rotatable bonds is 41. The van der Waals surface area contributed by atoms with Crippen molar-refractivity contribution in [2.75, 3.05) is 19.0 Å². The third-order valence-corrected chi connectivity index (χ3v) is 11.7. The summed E-state index contributed by atoms with van der Waals surface area (Å²) in [6.07, 6.45) is 46.1. The van der Waals surface area contributed by atoms with E-state index in [-0.39, 0.29) is 19.4 Å². The van der Waals surface area contributed by atoms with E-state index in [4.69, 9.17) is 18.9 Å². The monoisotopic (exact) mass is 949 g/mol. The number of allylic oxidation sites excluding steroid dienone is 14. The first-order valence-electron chi connectivity index (χ1n) is 25.1.